The van der Waals surface area contributed by atoms with E-state index in [9.17, 15) is 0 Å². The van der Waals surface area contributed by atoms with Crippen molar-refractivity contribution in [2.24, 2.45) is 7.05 Å². The van der Waals surface area contributed by atoms with Gasteiger partial charge in [-0.3, -0.25) is 9.58 Å². The number of fused-ring (bicyclic) bond motifs is 1. The van der Waals surface area contributed by atoms with Gasteiger partial charge in [0.2, 0.25) is 0 Å². The zero-order valence-electron chi connectivity index (χ0n) is 9.89. The summed E-state index contributed by atoms with van der Waals surface area (Å²) in [4.78, 5) is 2.64. The van der Waals surface area contributed by atoms with Crippen molar-refractivity contribution in [1.29, 1.82) is 0 Å². The van der Waals surface area contributed by atoms with Crippen molar-refractivity contribution in [2.45, 2.75) is 37.8 Å². The Morgan fingerprint density at radius 2 is 2.25 bits per heavy atom. The highest BCUT2D eigenvalue weighted by molar-refractivity contribution is 5.34. The molecule has 0 aromatic carbocycles. The van der Waals surface area contributed by atoms with Gasteiger partial charge < -0.3 is 5.32 Å². The van der Waals surface area contributed by atoms with Crippen LogP contribution < -0.4 is 5.32 Å². The fourth-order valence-corrected chi connectivity index (χ4v) is 3.10. The van der Waals surface area contributed by atoms with Crippen LogP contribution in [0.2, 0.25) is 0 Å². The third kappa shape index (κ3) is 1.82. The van der Waals surface area contributed by atoms with E-state index in [2.05, 4.69) is 21.4 Å². The van der Waals surface area contributed by atoms with Gasteiger partial charge in [0, 0.05) is 37.9 Å². The summed E-state index contributed by atoms with van der Waals surface area (Å²) in [6, 6.07) is 3.41. The molecule has 0 saturated carbocycles. The average molecular weight is 220 g/mol. The second kappa shape index (κ2) is 4.09. The molecular formula is C12H20N4. The Morgan fingerprint density at radius 3 is 3.06 bits per heavy atom. The average Bonchev–Trinajstić information content (AvgIpc) is 2.87. The number of aromatic nitrogens is 2. The van der Waals surface area contributed by atoms with Crippen LogP contribution in [0.5, 0.6) is 0 Å². The SMILES string of the molecule is Cn1ccc(NC2CCN3CCCCC23)n1. The maximum absolute atomic E-state index is 4.40. The molecule has 0 amide bonds. The van der Waals surface area contributed by atoms with Crippen molar-refractivity contribution in [3.05, 3.63) is 12.3 Å². The van der Waals surface area contributed by atoms with Crippen LogP contribution in [0.4, 0.5) is 5.82 Å². The van der Waals surface area contributed by atoms with Crippen molar-refractivity contribution in [3.63, 3.8) is 0 Å². The van der Waals surface area contributed by atoms with Crippen LogP contribution in [0.1, 0.15) is 25.7 Å². The van der Waals surface area contributed by atoms with E-state index in [1.165, 1.54) is 38.8 Å². The van der Waals surface area contributed by atoms with E-state index in [1.54, 1.807) is 0 Å². The second-order valence-corrected chi connectivity index (χ2v) is 5.01. The predicted molar refractivity (Wildman–Crippen MR) is 64.4 cm³/mol. The Hall–Kier alpha value is -1.03. The highest BCUT2D eigenvalue weighted by atomic mass is 15.3. The molecule has 4 heteroatoms. The maximum atomic E-state index is 4.40. The lowest BCUT2D eigenvalue weighted by Gasteiger charge is -2.32. The van der Waals surface area contributed by atoms with Crippen LogP contribution in [-0.2, 0) is 7.05 Å². The number of nitrogens with one attached hydrogen (secondary N) is 1. The first-order chi connectivity index (χ1) is 7.83. The summed E-state index contributed by atoms with van der Waals surface area (Å²) in [5.74, 6) is 1.03. The van der Waals surface area contributed by atoms with Crippen LogP contribution >= 0.6 is 0 Å². The lowest BCUT2D eigenvalue weighted by atomic mass is 9.99. The van der Waals surface area contributed by atoms with Crippen LogP contribution in [0.3, 0.4) is 0 Å². The number of nitrogens with zero attached hydrogens (tertiary/aromatic N) is 3. The predicted octanol–water partition coefficient (Wildman–Crippen LogP) is 1.46. The highest BCUT2D eigenvalue weighted by Gasteiger charge is 2.35. The molecule has 4 nitrogen and oxygen atoms in total. The summed E-state index contributed by atoms with van der Waals surface area (Å²) in [6.07, 6.45) is 7.38. The molecule has 1 aromatic rings. The van der Waals surface area contributed by atoms with Gasteiger partial charge in [-0.2, -0.15) is 5.10 Å². The van der Waals surface area contributed by atoms with Crippen LogP contribution in [0, 0.1) is 0 Å². The summed E-state index contributed by atoms with van der Waals surface area (Å²) < 4.78 is 1.86. The van der Waals surface area contributed by atoms with Gasteiger partial charge in [0.15, 0.2) is 0 Å². The minimum absolute atomic E-state index is 0.607. The van der Waals surface area contributed by atoms with Crippen LogP contribution in [-0.4, -0.2) is 39.9 Å². The van der Waals surface area contributed by atoms with Gasteiger partial charge in [0.1, 0.15) is 5.82 Å². The van der Waals surface area contributed by atoms with E-state index in [-0.39, 0.29) is 0 Å². The number of hydrogen-bond donors (Lipinski definition) is 1. The van der Waals surface area contributed by atoms with Crippen molar-refractivity contribution in [2.75, 3.05) is 18.4 Å². The van der Waals surface area contributed by atoms with Crippen molar-refractivity contribution in [1.82, 2.24) is 14.7 Å². The van der Waals surface area contributed by atoms with Crippen molar-refractivity contribution in [3.8, 4) is 0 Å². The molecule has 2 atom stereocenters. The fraction of sp³-hybridized carbons (Fsp3) is 0.750. The number of anilines is 1. The number of aryl methyl sites for hydroxylation is 1. The molecule has 3 rings (SSSR count). The fourth-order valence-electron chi connectivity index (χ4n) is 3.10. The molecule has 2 aliphatic rings. The molecule has 2 unspecified atom stereocenters. The third-order valence-electron chi connectivity index (χ3n) is 3.90. The molecule has 0 radical (unpaired) electrons. The quantitative estimate of drug-likeness (QED) is 0.819. The molecule has 0 bridgehead atoms. The van der Waals surface area contributed by atoms with Crippen LogP contribution in [0.15, 0.2) is 12.3 Å². The van der Waals surface area contributed by atoms with Gasteiger partial charge >= 0.3 is 0 Å². The lowest BCUT2D eigenvalue weighted by Crippen LogP contribution is -2.41. The smallest absolute Gasteiger partial charge is 0.148 e. The molecule has 88 valence electrons. The van der Waals surface area contributed by atoms with Gasteiger partial charge in [-0.05, 0) is 25.8 Å². The zero-order valence-corrected chi connectivity index (χ0v) is 9.89. The Labute approximate surface area is 96.6 Å². The molecule has 2 fully saturated rings. The molecule has 2 saturated heterocycles. The first-order valence-electron chi connectivity index (χ1n) is 6.33. The number of rotatable bonds is 2. The molecular weight excluding hydrogens is 200 g/mol. The Balaban J connectivity index is 1.67. The first kappa shape index (κ1) is 10.1. The molecule has 2 aliphatic heterocycles. The molecule has 1 N–H and O–H groups in total. The zero-order chi connectivity index (χ0) is 11.0. The van der Waals surface area contributed by atoms with Gasteiger partial charge in [-0.15, -0.1) is 0 Å². The standard InChI is InChI=1S/C12H20N4/c1-15-8-6-12(14-15)13-10-5-9-16-7-3-2-4-11(10)16/h6,8,10-11H,2-5,7,9H2,1H3,(H,13,14). The molecule has 0 spiro atoms. The number of piperidine rings is 1. The molecule has 16 heavy (non-hydrogen) atoms. The monoisotopic (exact) mass is 220 g/mol. The van der Waals surface area contributed by atoms with Gasteiger partial charge in [-0.25, -0.2) is 0 Å². The summed E-state index contributed by atoms with van der Waals surface area (Å²) >= 11 is 0. The van der Waals surface area contributed by atoms with Gasteiger partial charge in [0.25, 0.3) is 0 Å². The minimum atomic E-state index is 0.607. The third-order valence-corrected chi connectivity index (χ3v) is 3.90. The van der Waals surface area contributed by atoms with E-state index < -0.39 is 0 Å². The van der Waals surface area contributed by atoms with E-state index in [1.807, 2.05) is 17.9 Å². The maximum Gasteiger partial charge on any atom is 0.148 e. The van der Waals surface area contributed by atoms with Gasteiger partial charge in [-0.1, -0.05) is 6.42 Å². The largest absolute Gasteiger partial charge is 0.364 e. The lowest BCUT2D eigenvalue weighted by molar-refractivity contribution is 0.192. The Bertz CT molecular complexity index is 360. The summed E-state index contributed by atoms with van der Waals surface area (Å²) in [6.45, 7) is 2.56. The normalized spacial score (nSPS) is 30.3. The topological polar surface area (TPSA) is 33.1 Å². The van der Waals surface area contributed by atoms with E-state index in [4.69, 9.17) is 0 Å². The molecule has 1 aromatic heterocycles. The number of hydrogen-bond acceptors (Lipinski definition) is 3. The van der Waals surface area contributed by atoms with Crippen molar-refractivity contribution < 1.29 is 0 Å². The van der Waals surface area contributed by atoms with Crippen LogP contribution in [0.25, 0.3) is 0 Å². The van der Waals surface area contributed by atoms with Crippen molar-refractivity contribution >= 4 is 5.82 Å². The summed E-state index contributed by atoms with van der Waals surface area (Å²) in [7, 11) is 1.97. The second-order valence-electron chi connectivity index (χ2n) is 5.01. The molecule has 3 heterocycles. The Morgan fingerprint density at radius 1 is 1.31 bits per heavy atom. The highest BCUT2D eigenvalue weighted by Crippen LogP contribution is 2.28. The Kier molecular flexibility index (Phi) is 2.59. The van der Waals surface area contributed by atoms with E-state index >= 15 is 0 Å². The minimum Gasteiger partial charge on any atom is -0.364 e. The van der Waals surface area contributed by atoms with Gasteiger partial charge in [0.05, 0.1) is 0 Å². The first-order valence-corrected chi connectivity index (χ1v) is 6.33. The van der Waals surface area contributed by atoms with E-state index in [0.717, 1.165) is 11.9 Å². The summed E-state index contributed by atoms with van der Waals surface area (Å²) in [5.41, 5.74) is 0. The van der Waals surface area contributed by atoms with E-state index in [0.29, 0.717) is 6.04 Å². The molecule has 0 aliphatic carbocycles. The summed E-state index contributed by atoms with van der Waals surface area (Å²) in [5, 5.41) is 7.99.